The number of carbonyl (C=O) groups is 1. The van der Waals surface area contributed by atoms with Crippen LogP contribution in [0.2, 0.25) is 0 Å². The molecule has 2 aliphatic rings. The van der Waals surface area contributed by atoms with Gasteiger partial charge in [0.25, 0.3) is 0 Å². The van der Waals surface area contributed by atoms with E-state index in [4.69, 9.17) is 0 Å². The van der Waals surface area contributed by atoms with Gasteiger partial charge in [-0.05, 0) is 61.6 Å². The van der Waals surface area contributed by atoms with Crippen molar-refractivity contribution in [2.24, 2.45) is 5.92 Å². The molecule has 2 heterocycles. The number of carbonyl (C=O) groups excluding carboxylic acids is 1. The summed E-state index contributed by atoms with van der Waals surface area (Å²) < 4.78 is 0. The number of piperidine rings is 1. The van der Waals surface area contributed by atoms with E-state index in [-0.39, 0.29) is 5.91 Å². The molecule has 2 saturated heterocycles. The summed E-state index contributed by atoms with van der Waals surface area (Å²) in [6.45, 7) is 4.29. The van der Waals surface area contributed by atoms with Gasteiger partial charge in [-0.15, -0.1) is 0 Å². The van der Waals surface area contributed by atoms with Crippen LogP contribution in [0.15, 0.2) is 18.2 Å². The molecule has 3 nitrogen and oxygen atoms in total. The lowest BCUT2D eigenvalue weighted by Crippen LogP contribution is -2.39. The molecule has 0 saturated carbocycles. The Labute approximate surface area is 133 Å². The van der Waals surface area contributed by atoms with Gasteiger partial charge in [0.05, 0.1) is 0 Å². The van der Waals surface area contributed by atoms with E-state index in [1.165, 1.54) is 36.8 Å². The Hall–Kier alpha value is -1.35. The molecule has 3 rings (SSSR count). The lowest BCUT2D eigenvalue weighted by atomic mass is 9.89. The van der Waals surface area contributed by atoms with Crippen LogP contribution in [0.3, 0.4) is 0 Å². The van der Waals surface area contributed by atoms with E-state index in [0.717, 1.165) is 18.5 Å². The Balaban J connectivity index is 1.61. The van der Waals surface area contributed by atoms with E-state index in [9.17, 15) is 4.79 Å². The number of hydrogen-bond donors (Lipinski definition) is 2. The molecule has 1 aromatic rings. The van der Waals surface area contributed by atoms with Gasteiger partial charge in [-0.25, -0.2) is 0 Å². The molecule has 120 valence electrons. The SMILES string of the molecule is CCc1ccc(CC)c(NC(=O)CC2CC3CCC(C2)N3)c1. The topological polar surface area (TPSA) is 41.1 Å². The van der Waals surface area contributed by atoms with E-state index >= 15 is 0 Å². The highest BCUT2D eigenvalue weighted by Crippen LogP contribution is 2.33. The minimum absolute atomic E-state index is 0.189. The summed E-state index contributed by atoms with van der Waals surface area (Å²) in [5, 5.41) is 6.82. The summed E-state index contributed by atoms with van der Waals surface area (Å²) in [6.07, 6.45) is 7.55. The monoisotopic (exact) mass is 300 g/mol. The van der Waals surface area contributed by atoms with Crippen molar-refractivity contribution in [2.45, 2.75) is 70.9 Å². The smallest absolute Gasteiger partial charge is 0.224 e. The van der Waals surface area contributed by atoms with Crippen LogP contribution in [0.4, 0.5) is 5.69 Å². The number of amides is 1. The third-order valence-electron chi connectivity index (χ3n) is 5.28. The van der Waals surface area contributed by atoms with Crippen molar-refractivity contribution in [2.75, 3.05) is 5.32 Å². The normalized spacial score (nSPS) is 26.9. The fourth-order valence-corrected chi connectivity index (χ4v) is 4.07. The summed E-state index contributed by atoms with van der Waals surface area (Å²) in [5.74, 6) is 0.743. The summed E-state index contributed by atoms with van der Waals surface area (Å²) in [6, 6.07) is 7.78. The van der Waals surface area contributed by atoms with E-state index in [2.05, 4.69) is 42.7 Å². The molecule has 2 N–H and O–H groups in total. The Morgan fingerprint density at radius 2 is 1.91 bits per heavy atom. The number of rotatable bonds is 5. The van der Waals surface area contributed by atoms with E-state index in [1.807, 2.05) is 0 Å². The van der Waals surface area contributed by atoms with Crippen LogP contribution in [-0.4, -0.2) is 18.0 Å². The van der Waals surface area contributed by atoms with Crippen LogP contribution < -0.4 is 10.6 Å². The minimum atomic E-state index is 0.189. The maximum absolute atomic E-state index is 12.5. The largest absolute Gasteiger partial charge is 0.326 e. The average Bonchev–Trinajstić information content (AvgIpc) is 2.85. The second-order valence-corrected chi connectivity index (χ2v) is 6.93. The third kappa shape index (κ3) is 3.52. The van der Waals surface area contributed by atoms with Gasteiger partial charge in [-0.1, -0.05) is 26.0 Å². The lowest BCUT2D eigenvalue weighted by molar-refractivity contribution is -0.117. The summed E-state index contributed by atoms with van der Waals surface area (Å²) in [5.41, 5.74) is 3.53. The highest BCUT2D eigenvalue weighted by Gasteiger charge is 2.34. The van der Waals surface area contributed by atoms with Gasteiger partial charge in [0.2, 0.25) is 5.91 Å². The molecule has 0 radical (unpaired) electrons. The van der Waals surface area contributed by atoms with E-state index in [1.54, 1.807) is 0 Å². The van der Waals surface area contributed by atoms with E-state index < -0.39 is 0 Å². The van der Waals surface area contributed by atoms with Gasteiger partial charge in [0.1, 0.15) is 0 Å². The van der Waals surface area contributed by atoms with Gasteiger partial charge in [0, 0.05) is 24.2 Å². The van der Waals surface area contributed by atoms with Crippen molar-refractivity contribution in [3.05, 3.63) is 29.3 Å². The molecule has 3 heteroatoms. The molecular formula is C19H28N2O. The van der Waals surface area contributed by atoms with Crippen LogP contribution in [0.1, 0.15) is 57.1 Å². The first-order valence-electron chi connectivity index (χ1n) is 8.85. The number of hydrogen-bond acceptors (Lipinski definition) is 2. The second kappa shape index (κ2) is 6.82. The molecule has 22 heavy (non-hydrogen) atoms. The highest BCUT2D eigenvalue weighted by molar-refractivity contribution is 5.91. The van der Waals surface area contributed by atoms with Crippen molar-refractivity contribution in [1.82, 2.24) is 5.32 Å². The van der Waals surface area contributed by atoms with Crippen molar-refractivity contribution in [3.63, 3.8) is 0 Å². The van der Waals surface area contributed by atoms with Crippen LogP contribution in [0.5, 0.6) is 0 Å². The molecule has 0 aliphatic carbocycles. The fraction of sp³-hybridized carbons (Fsp3) is 0.632. The zero-order chi connectivity index (χ0) is 15.5. The zero-order valence-electron chi connectivity index (χ0n) is 13.8. The van der Waals surface area contributed by atoms with Crippen molar-refractivity contribution < 1.29 is 4.79 Å². The zero-order valence-corrected chi connectivity index (χ0v) is 13.8. The minimum Gasteiger partial charge on any atom is -0.326 e. The van der Waals surface area contributed by atoms with Crippen molar-refractivity contribution in [1.29, 1.82) is 0 Å². The predicted octanol–water partition coefficient (Wildman–Crippen LogP) is 3.67. The van der Waals surface area contributed by atoms with Crippen LogP contribution in [0.25, 0.3) is 0 Å². The van der Waals surface area contributed by atoms with Crippen LogP contribution in [0, 0.1) is 5.92 Å². The van der Waals surface area contributed by atoms with Crippen molar-refractivity contribution in [3.8, 4) is 0 Å². The van der Waals surface area contributed by atoms with Gasteiger partial charge >= 0.3 is 0 Å². The first-order chi connectivity index (χ1) is 10.7. The first-order valence-corrected chi connectivity index (χ1v) is 8.85. The lowest BCUT2D eigenvalue weighted by Gasteiger charge is -2.28. The van der Waals surface area contributed by atoms with Crippen LogP contribution >= 0.6 is 0 Å². The molecule has 2 aliphatic heterocycles. The molecule has 2 fully saturated rings. The Kier molecular flexibility index (Phi) is 4.82. The summed E-state index contributed by atoms with van der Waals surface area (Å²) in [4.78, 5) is 12.5. The molecule has 0 aromatic heterocycles. The fourth-order valence-electron chi connectivity index (χ4n) is 4.07. The number of benzene rings is 1. The van der Waals surface area contributed by atoms with E-state index in [0.29, 0.717) is 24.4 Å². The van der Waals surface area contributed by atoms with Crippen LogP contribution in [-0.2, 0) is 17.6 Å². The molecule has 2 atom stereocenters. The maximum atomic E-state index is 12.5. The molecule has 1 amide bonds. The standard InChI is InChI=1S/C19H28N2O/c1-3-13-5-6-15(4-2)18(11-13)21-19(22)12-14-9-16-7-8-17(10-14)20-16/h5-6,11,14,16-17,20H,3-4,7-10,12H2,1-2H3,(H,21,22). The third-order valence-corrected chi connectivity index (χ3v) is 5.28. The first kappa shape index (κ1) is 15.5. The van der Waals surface area contributed by atoms with Gasteiger partial charge in [0.15, 0.2) is 0 Å². The second-order valence-electron chi connectivity index (χ2n) is 6.93. The average molecular weight is 300 g/mol. The quantitative estimate of drug-likeness (QED) is 0.871. The highest BCUT2D eigenvalue weighted by atomic mass is 16.1. The molecule has 2 bridgehead atoms. The van der Waals surface area contributed by atoms with Crippen molar-refractivity contribution >= 4 is 11.6 Å². The van der Waals surface area contributed by atoms with Gasteiger partial charge in [-0.3, -0.25) is 4.79 Å². The Morgan fingerprint density at radius 3 is 2.55 bits per heavy atom. The molecule has 1 aromatic carbocycles. The van der Waals surface area contributed by atoms with Gasteiger partial charge in [-0.2, -0.15) is 0 Å². The summed E-state index contributed by atoms with van der Waals surface area (Å²) in [7, 11) is 0. The van der Waals surface area contributed by atoms with Gasteiger partial charge < -0.3 is 10.6 Å². The summed E-state index contributed by atoms with van der Waals surface area (Å²) >= 11 is 0. The molecule has 2 unspecified atom stereocenters. The predicted molar refractivity (Wildman–Crippen MR) is 91.1 cm³/mol. The molecular weight excluding hydrogens is 272 g/mol. The number of anilines is 1. The Morgan fingerprint density at radius 1 is 1.18 bits per heavy atom. The Bertz CT molecular complexity index is 528. The molecule has 0 spiro atoms. The number of nitrogens with one attached hydrogen (secondary N) is 2. The number of fused-ring (bicyclic) bond motifs is 2. The maximum Gasteiger partial charge on any atom is 0.224 e. The number of aryl methyl sites for hydroxylation is 2.